The van der Waals surface area contributed by atoms with E-state index in [1.54, 1.807) is 0 Å². The van der Waals surface area contributed by atoms with Crippen molar-refractivity contribution >= 4 is 23.5 Å². The Labute approximate surface area is 93.9 Å². The zero-order chi connectivity index (χ0) is 12.0. The number of esters is 1. The summed E-state index contributed by atoms with van der Waals surface area (Å²) in [5.74, 6) is -1.59. The van der Waals surface area contributed by atoms with Crippen LogP contribution in [-0.2, 0) is 14.3 Å². The van der Waals surface area contributed by atoms with Crippen molar-refractivity contribution in [3.8, 4) is 0 Å². The van der Waals surface area contributed by atoms with E-state index in [0.29, 0.717) is 11.5 Å². The highest BCUT2D eigenvalue weighted by molar-refractivity contribution is 6.27. The van der Waals surface area contributed by atoms with Crippen molar-refractivity contribution in [2.45, 2.75) is 26.3 Å². The van der Waals surface area contributed by atoms with Crippen molar-refractivity contribution in [2.75, 3.05) is 13.0 Å². The maximum absolute atomic E-state index is 11.3. The summed E-state index contributed by atoms with van der Waals surface area (Å²) >= 11 is 5.27. The van der Waals surface area contributed by atoms with Gasteiger partial charge >= 0.3 is 5.97 Å². The van der Waals surface area contributed by atoms with Gasteiger partial charge in [-0.15, -0.1) is 11.6 Å². The highest BCUT2D eigenvalue weighted by Gasteiger charge is 2.29. The predicted octanol–water partition coefficient (Wildman–Crippen LogP) is 1.03. The third kappa shape index (κ3) is 4.48. The molecule has 1 amide bonds. The molecule has 0 aromatic rings. The van der Waals surface area contributed by atoms with E-state index in [4.69, 9.17) is 11.6 Å². The largest absolute Gasteiger partial charge is 0.467 e. The molecule has 0 heterocycles. The van der Waals surface area contributed by atoms with Gasteiger partial charge in [0.15, 0.2) is 6.04 Å². The Balaban J connectivity index is 4.61. The van der Waals surface area contributed by atoms with Gasteiger partial charge in [0.05, 0.1) is 7.11 Å². The topological polar surface area (TPSA) is 66.8 Å². The maximum Gasteiger partial charge on any atom is 0.331 e. The van der Waals surface area contributed by atoms with Gasteiger partial charge in [-0.2, -0.15) is 0 Å². The van der Waals surface area contributed by atoms with Crippen LogP contribution in [0.3, 0.4) is 0 Å². The molecule has 0 saturated carbocycles. The van der Waals surface area contributed by atoms with Crippen molar-refractivity contribution in [1.29, 1.82) is 0 Å². The highest BCUT2D eigenvalue weighted by Crippen LogP contribution is 2.12. The number of amides is 1. The molecule has 0 aromatic carbocycles. The molecule has 15 heavy (non-hydrogen) atoms. The first kappa shape index (κ1) is 14.2. The van der Waals surface area contributed by atoms with Crippen LogP contribution in [0.1, 0.15) is 20.3 Å². The lowest BCUT2D eigenvalue weighted by atomic mass is 10.0. The van der Waals surface area contributed by atoms with Crippen LogP contribution in [0.2, 0.25) is 0 Å². The summed E-state index contributed by atoms with van der Waals surface area (Å²) in [6.07, 6.45) is 0.325. The Kier molecular flexibility index (Phi) is 6.27. The molecule has 0 fully saturated rings. The van der Waals surface area contributed by atoms with Crippen LogP contribution in [-0.4, -0.2) is 41.2 Å². The van der Waals surface area contributed by atoms with Gasteiger partial charge in [0.1, 0.15) is 5.88 Å². The lowest BCUT2D eigenvalue weighted by molar-refractivity contribution is -0.186. The second kappa shape index (κ2) is 6.63. The van der Waals surface area contributed by atoms with E-state index in [-0.39, 0.29) is 11.8 Å². The average Bonchev–Trinajstić information content (AvgIpc) is 2.22. The zero-order valence-corrected chi connectivity index (χ0v) is 9.82. The summed E-state index contributed by atoms with van der Waals surface area (Å²) in [4.78, 5) is 22.4. The standard InChI is InChI=1S/C9H16ClNO4/c1-6(2)4-7(9(13)15-3)11(14)8(12)5-10/h6-7,14H,4-5H2,1-3H3. The highest BCUT2D eigenvalue weighted by atomic mass is 35.5. The Hall–Kier alpha value is -0.810. The second-order valence-electron chi connectivity index (χ2n) is 3.54. The summed E-state index contributed by atoms with van der Waals surface area (Å²) in [5, 5.41) is 9.77. The summed E-state index contributed by atoms with van der Waals surface area (Å²) in [5.41, 5.74) is 0. The molecule has 0 aromatic heterocycles. The molecule has 0 saturated heterocycles. The number of carbonyl (C=O) groups is 2. The number of nitrogens with zero attached hydrogens (tertiary/aromatic N) is 1. The number of alkyl halides is 1. The number of hydroxylamine groups is 2. The van der Waals surface area contributed by atoms with Crippen LogP contribution < -0.4 is 0 Å². The molecular formula is C9H16ClNO4. The van der Waals surface area contributed by atoms with Gasteiger partial charge in [0.25, 0.3) is 5.91 Å². The number of carbonyl (C=O) groups excluding carboxylic acids is 2. The third-order valence-electron chi connectivity index (χ3n) is 1.83. The minimum Gasteiger partial charge on any atom is -0.467 e. The van der Waals surface area contributed by atoms with Gasteiger partial charge in [0.2, 0.25) is 0 Å². The summed E-state index contributed by atoms with van der Waals surface area (Å²) < 4.78 is 4.49. The van der Waals surface area contributed by atoms with E-state index in [0.717, 1.165) is 0 Å². The molecule has 0 rings (SSSR count). The van der Waals surface area contributed by atoms with E-state index in [9.17, 15) is 14.8 Å². The average molecular weight is 238 g/mol. The fourth-order valence-electron chi connectivity index (χ4n) is 1.11. The Morgan fingerprint density at radius 3 is 2.33 bits per heavy atom. The van der Waals surface area contributed by atoms with E-state index in [1.807, 2.05) is 13.8 Å². The molecular weight excluding hydrogens is 222 g/mol. The Morgan fingerprint density at radius 1 is 1.47 bits per heavy atom. The zero-order valence-electron chi connectivity index (χ0n) is 9.07. The molecule has 0 aliphatic rings. The molecule has 6 heteroatoms. The minimum absolute atomic E-state index is 0.145. The minimum atomic E-state index is -0.985. The van der Waals surface area contributed by atoms with E-state index in [2.05, 4.69) is 4.74 Å². The molecule has 0 spiro atoms. The Bertz CT molecular complexity index is 232. The predicted molar refractivity (Wildman–Crippen MR) is 54.6 cm³/mol. The number of methoxy groups -OCH3 is 1. The van der Waals surface area contributed by atoms with E-state index in [1.165, 1.54) is 7.11 Å². The van der Waals surface area contributed by atoms with Crippen molar-refractivity contribution in [3.05, 3.63) is 0 Å². The van der Waals surface area contributed by atoms with Crippen LogP contribution in [0.25, 0.3) is 0 Å². The second-order valence-corrected chi connectivity index (χ2v) is 3.81. The van der Waals surface area contributed by atoms with Gasteiger partial charge in [-0.05, 0) is 12.3 Å². The number of rotatable bonds is 5. The summed E-state index contributed by atoms with van der Waals surface area (Å²) in [6.45, 7) is 3.74. The molecule has 0 bridgehead atoms. The van der Waals surface area contributed by atoms with Gasteiger partial charge < -0.3 is 4.74 Å². The molecule has 1 N–H and O–H groups in total. The number of hydrogen-bond acceptors (Lipinski definition) is 4. The fourth-order valence-corrected chi connectivity index (χ4v) is 1.24. The van der Waals surface area contributed by atoms with Gasteiger partial charge in [-0.3, -0.25) is 10.0 Å². The molecule has 1 atom stereocenters. The molecule has 5 nitrogen and oxygen atoms in total. The third-order valence-corrected chi connectivity index (χ3v) is 2.06. The normalized spacial score (nSPS) is 12.4. The first-order valence-corrected chi connectivity index (χ1v) is 5.12. The van der Waals surface area contributed by atoms with Gasteiger partial charge in [-0.25, -0.2) is 9.86 Å². The molecule has 0 aliphatic carbocycles. The molecule has 88 valence electrons. The lowest BCUT2D eigenvalue weighted by Crippen LogP contribution is -2.44. The van der Waals surface area contributed by atoms with Crippen molar-refractivity contribution in [1.82, 2.24) is 5.06 Å². The smallest absolute Gasteiger partial charge is 0.331 e. The van der Waals surface area contributed by atoms with Gasteiger partial charge in [0, 0.05) is 0 Å². The van der Waals surface area contributed by atoms with Crippen LogP contribution >= 0.6 is 11.6 Å². The van der Waals surface area contributed by atoms with Crippen LogP contribution in [0.4, 0.5) is 0 Å². The van der Waals surface area contributed by atoms with Gasteiger partial charge in [-0.1, -0.05) is 13.8 Å². The quantitative estimate of drug-likeness (QED) is 0.336. The summed E-state index contributed by atoms with van der Waals surface area (Å²) in [6, 6.07) is -0.985. The first-order chi connectivity index (χ1) is 6.93. The molecule has 1 unspecified atom stereocenters. The van der Waals surface area contributed by atoms with Crippen LogP contribution in [0, 0.1) is 5.92 Å². The van der Waals surface area contributed by atoms with E-state index < -0.39 is 17.9 Å². The van der Waals surface area contributed by atoms with Crippen LogP contribution in [0.5, 0.6) is 0 Å². The first-order valence-electron chi connectivity index (χ1n) is 4.58. The van der Waals surface area contributed by atoms with Crippen molar-refractivity contribution < 1.29 is 19.5 Å². The van der Waals surface area contributed by atoms with Crippen molar-refractivity contribution in [2.24, 2.45) is 5.92 Å². The SMILES string of the molecule is COC(=O)C(CC(C)C)N(O)C(=O)CCl. The lowest BCUT2D eigenvalue weighted by Gasteiger charge is -2.24. The van der Waals surface area contributed by atoms with Crippen molar-refractivity contribution in [3.63, 3.8) is 0 Å². The molecule has 0 aliphatic heterocycles. The Morgan fingerprint density at radius 2 is 2.00 bits per heavy atom. The number of ether oxygens (including phenoxy) is 1. The van der Waals surface area contributed by atoms with E-state index >= 15 is 0 Å². The summed E-state index contributed by atoms with van der Waals surface area (Å²) in [7, 11) is 1.20. The number of hydrogen-bond donors (Lipinski definition) is 1. The molecule has 0 radical (unpaired) electrons. The fraction of sp³-hybridized carbons (Fsp3) is 0.778. The van der Waals surface area contributed by atoms with Crippen LogP contribution in [0.15, 0.2) is 0 Å². The monoisotopic (exact) mass is 237 g/mol. The maximum atomic E-state index is 11.3. The number of halogens is 1.